The van der Waals surface area contributed by atoms with Gasteiger partial charge in [0.25, 0.3) is 5.91 Å². The largest absolute Gasteiger partial charge is 0.345 e. The molecule has 1 fully saturated rings. The van der Waals surface area contributed by atoms with Gasteiger partial charge in [0, 0.05) is 19.1 Å². The molecule has 1 aromatic heterocycles. The molecule has 15 heavy (non-hydrogen) atoms. The number of rotatable bonds is 3. The van der Waals surface area contributed by atoms with Crippen molar-refractivity contribution in [1.82, 2.24) is 15.1 Å². The van der Waals surface area contributed by atoms with Crippen molar-refractivity contribution in [3.8, 4) is 0 Å². The zero-order valence-corrected chi connectivity index (χ0v) is 9.64. The highest BCUT2D eigenvalue weighted by Crippen LogP contribution is 2.36. The van der Waals surface area contributed by atoms with E-state index in [4.69, 9.17) is 11.6 Å². The molecule has 0 aromatic carbocycles. The Morgan fingerprint density at radius 1 is 1.73 bits per heavy atom. The molecule has 0 saturated heterocycles. The van der Waals surface area contributed by atoms with Crippen LogP contribution < -0.4 is 5.32 Å². The number of nitrogens with zero attached hydrogens (tertiary/aromatic N) is 2. The predicted octanol–water partition coefficient (Wildman–Crippen LogP) is 1.23. The minimum absolute atomic E-state index is 0.0706. The molecule has 1 saturated carbocycles. The molecule has 1 amide bonds. The van der Waals surface area contributed by atoms with Gasteiger partial charge in [-0.15, -0.1) is 11.6 Å². The first-order chi connectivity index (χ1) is 7.06. The van der Waals surface area contributed by atoms with Gasteiger partial charge in [-0.2, -0.15) is 5.10 Å². The van der Waals surface area contributed by atoms with E-state index in [9.17, 15) is 4.79 Å². The van der Waals surface area contributed by atoms with Crippen LogP contribution in [0.2, 0.25) is 0 Å². The van der Waals surface area contributed by atoms with E-state index in [1.807, 2.05) is 6.92 Å². The zero-order chi connectivity index (χ0) is 11.1. The van der Waals surface area contributed by atoms with Crippen molar-refractivity contribution in [2.45, 2.75) is 25.3 Å². The van der Waals surface area contributed by atoms with Crippen LogP contribution in [0.3, 0.4) is 0 Å². The third-order valence-corrected chi connectivity index (χ3v) is 3.26. The molecule has 1 aliphatic carbocycles. The number of aryl methyl sites for hydroxylation is 2. The van der Waals surface area contributed by atoms with Gasteiger partial charge in [0.05, 0.1) is 16.8 Å². The normalized spacial score (nSPS) is 17.5. The van der Waals surface area contributed by atoms with Gasteiger partial charge in [-0.3, -0.25) is 9.48 Å². The first-order valence-electron chi connectivity index (χ1n) is 4.95. The molecule has 82 valence electrons. The molecule has 5 heteroatoms. The fourth-order valence-corrected chi connectivity index (χ4v) is 1.91. The average molecular weight is 228 g/mol. The number of hydrogen-bond acceptors (Lipinski definition) is 2. The predicted molar refractivity (Wildman–Crippen MR) is 58.1 cm³/mol. The lowest BCUT2D eigenvalue weighted by molar-refractivity contribution is 0.0935. The first-order valence-corrected chi connectivity index (χ1v) is 5.48. The van der Waals surface area contributed by atoms with Crippen LogP contribution in [-0.4, -0.2) is 27.1 Å². The van der Waals surface area contributed by atoms with E-state index in [0.717, 1.165) is 18.5 Å². The second-order valence-electron chi connectivity index (χ2n) is 4.17. The highest BCUT2D eigenvalue weighted by atomic mass is 35.5. The van der Waals surface area contributed by atoms with Crippen LogP contribution >= 0.6 is 11.6 Å². The maximum atomic E-state index is 11.9. The highest BCUT2D eigenvalue weighted by Gasteiger charge is 2.43. The van der Waals surface area contributed by atoms with E-state index in [-0.39, 0.29) is 11.4 Å². The third-order valence-electron chi connectivity index (χ3n) is 2.75. The fourth-order valence-electron chi connectivity index (χ4n) is 1.57. The van der Waals surface area contributed by atoms with E-state index in [1.54, 1.807) is 17.9 Å². The summed E-state index contributed by atoms with van der Waals surface area (Å²) in [5.41, 5.74) is 1.23. The molecular formula is C10H14ClN3O. The van der Waals surface area contributed by atoms with Crippen molar-refractivity contribution in [3.63, 3.8) is 0 Å². The van der Waals surface area contributed by atoms with Crippen LogP contribution in [0.4, 0.5) is 0 Å². The third kappa shape index (κ3) is 2.00. The number of hydrogen-bond donors (Lipinski definition) is 1. The van der Waals surface area contributed by atoms with Crippen molar-refractivity contribution < 1.29 is 4.79 Å². The quantitative estimate of drug-likeness (QED) is 0.790. The van der Waals surface area contributed by atoms with Crippen molar-refractivity contribution in [2.24, 2.45) is 7.05 Å². The minimum Gasteiger partial charge on any atom is -0.345 e. The van der Waals surface area contributed by atoms with Crippen LogP contribution in [0.25, 0.3) is 0 Å². The lowest BCUT2D eigenvalue weighted by Crippen LogP contribution is -2.38. The summed E-state index contributed by atoms with van der Waals surface area (Å²) in [5, 5.41) is 7.09. The molecule has 0 aliphatic heterocycles. The molecule has 1 heterocycles. The number of aromatic nitrogens is 2. The Labute approximate surface area is 93.6 Å². The van der Waals surface area contributed by atoms with Crippen LogP contribution in [0.15, 0.2) is 6.20 Å². The molecule has 1 N–H and O–H groups in total. The van der Waals surface area contributed by atoms with Crippen LogP contribution in [0.1, 0.15) is 28.9 Å². The topological polar surface area (TPSA) is 46.9 Å². The highest BCUT2D eigenvalue weighted by molar-refractivity contribution is 6.19. The van der Waals surface area contributed by atoms with E-state index in [0.29, 0.717) is 11.4 Å². The maximum absolute atomic E-state index is 11.9. The Bertz CT molecular complexity index is 395. The average Bonchev–Trinajstić information content (AvgIpc) is 2.86. The molecule has 2 rings (SSSR count). The Kier molecular flexibility index (Phi) is 2.46. The first kappa shape index (κ1) is 10.5. The van der Waals surface area contributed by atoms with Gasteiger partial charge in [-0.25, -0.2) is 0 Å². The summed E-state index contributed by atoms with van der Waals surface area (Å²) in [7, 11) is 1.80. The summed E-state index contributed by atoms with van der Waals surface area (Å²) >= 11 is 5.80. The van der Waals surface area contributed by atoms with Gasteiger partial charge in [-0.05, 0) is 19.8 Å². The standard InChI is InChI=1S/C10H14ClN3O/c1-7-8(5-14(2)13-7)9(15)12-10(6-11)3-4-10/h5H,3-4,6H2,1-2H3,(H,12,15). The van der Waals surface area contributed by atoms with Crippen molar-refractivity contribution in [2.75, 3.05) is 5.88 Å². The van der Waals surface area contributed by atoms with E-state index < -0.39 is 0 Å². The Balaban J connectivity index is 2.11. The maximum Gasteiger partial charge on any atom is 0.255 e. The van der Waals surface area contributed by atoms with Gasteiger partial charge in [0.1, 0.15) is 0 Å². The second kappa shape index (κ2) is 3.52. The van der Waals surface area contributed by atoms with Crippen molar-refractivity contribution in [1.29, 1.82) is 0 Å². The van der Waals surface area contributed by atoms with E-state index >= 15 is 0 Å². The molecule has 0 unspecified atom stereocenters. The number of amides is 1. The van der Waals surface area contributed by atoms with Gasteiger partial charge in [-0.1, -0.05) is 0 Å². The van der Waals surface area contributed by atoms with Gasteiger partial charge in [0.2, 0.25) is 0 Å². The molecule has 4 nitrogen and oxygen atoms in total. The Morgan fingerprint density at radius 2 is 2.40 bits per heavy atom. The number of nitrogens with one attached hydrogen (secondary N) is 1. The molecule has 0 radical (unpaired) electrons. The summed E-state index contributed by atoms with van der Waals surface area (Å²) < 4.78 is 1.64. The summed E-state index contributed by atoms with van der Waals surface area (Å²) in [6.45, 7) is 1.83. The molecule has 1 aromatic rings. The lowest BCUT2D eigenvalue weighted by atomic mass is 10.2. The van der Waals surface area contributed by atoms with Crippen LogP contribution in [0.5, 0.6) is 0 Å². The van der Waals surface area contributed by atoms with Gasteiger partial charge < -0.3 is 5.32 Å². The van der Waals surface area contributed by atoms with Crippen LogP contribution in [-0.2, 0) is 7.05 Å². The number of carbonyl (C=O) groups excluding carboxylic acids is 1. The number of carbonyl (C=O) groups is 1. The van der Waals surface area contributed by atoms with Crippen LogP contribution in [0, 0.1) is 6.92 Å². The van der Waals surface area contributed by atoms with Gasteiger partial charge in [0.15, 0.2) is 0 Å². The number of alkyl halides is 1. The SMILES string of the molecule is Cc1nn(C)cc1C(=O)NC1(CCl)CC1. The lowest BCUT2D eigenvalue weighted by Gasteiger charge is -2.13. The summed E-state index contributed by atoms with van der Waals surface area (Å²) in [6, 6.07) is 0. The molecular weight excluding hydrogens is 214 g/mol. The monoisotopic (exact) mass is 227 g/mol. The van der Waals surface area contributed by atoms with E-state index in [1.165, 1.54) is 0 Å². The van der Waals surface area contributed by atoms with Crippen molar-refractivity contribution >= 4 is 17.5 Å². The summed E-state index contributed by atoms with van der Waals surface area (Å²) in [5.74, 6) is 0.414. The smallest absolute Gasteiger partial charge is 0.255 e. The second-order valence-corrected chi connectivity index (χ2v) is 4.44. The summed E-state index contributed by atoms with van der Waals surface area (Å²) in [6.07, 6.45) is 3.68. The number of halogens is 1. The fraction of sp³-hybridized carbons (Fsp3) is 0.600. The Morgan fingerprint density at radius 3 is 2.80 bits per heavy atom. The summed E-state index contributed by atoms with van der Waals surface area (Å²) in [4.78, 5) is 11.9. The molecule has 0 bridgehead atoms. The molecule has 0 spiro atoms. The zero-order valence-electron chi connectivity index (χ0n) is 8.88. The van der Waals surface area contributed by atoms with E-state index in [2.05, 4.69) is 10.4 Å². The van der Waals surface area contributed by atoms with Gasteiger partial charge >= 0.3 is 0 Å². The minimum atomic E-state index is -0.152. The molecule has 0 atom stereocenters. The Hall–Kier alpha value is -1.03. The molecule has 1 aliphatic rings. The van der Waals surface area contributed by atoms with Crippen molar-refractivity contribution in [3.05, 3.63) is 17.5 Å².